The van der Waals surface area contributed by atoms with Crippen molar-refractivity contribution in [2.75, 3.05) is 25.1 Å². The maximum absolute atomic E-state index is 5.58. The molecule has 1 fully saturated rings. The Hall–Kier alpha value is -1.88. The Bertz CT molecular complexity index is 619. The van der Waals surface area contributed by atoms with E-state index in [0.29, 0.717) is 5.92 Å². The van der Waals surface area contributed by atoms with Gasteiger partial charge in [0.15, 0.2) is 5.82 Å². The van der Waals surface area contributed by atoms with Crippen molar-refractivity contribution in [2.24, 2.45) is 0 Å². The van der Waals surface area contributed by atoms with Crippen LogP contribution >= 0.6 is 0 Å². The fourth-order valence-electron chi connectivity index (χ4n) is 3.24. The lowest BCUT2D eigenvalue weighted by Gasteiger charge is -2.24. The SMILES string of the molecule is c1ccc2c(c1)NCCC2c1nc(C2CCOCC2)no1. The van der Waals surface area contributed by atoms with Crippen LogP contribution in [0.3, 0.4) is 0 Å². The van der Waals surface area contributed by atoms with Crippen LogP contribution in [-0.4, -0.2) is 29.9 Å². The highest BCUT2D eigenvalue weighted by Crippen LogP contribution is 2.36. The summed E-state index contributed by atoms with van der Waals surface area (Å²) in [4.78, 5) is 4.70. The van der Waals surface area contributed by atoms with Crippen LogP contribution < -0.4 is 5.32 Å². The second-order valence-electron chi connectivity index (χ2n) is 5.73. The maximum Gasteiger partial charge on any atom is 0.234 e. The minimum atomic E-state index is 0.212. The van der Waals surface area contributed by atoms with Gasteiger partial charge in [0.25, 0.3) is 0 Å². The zero-order valence-electron chi connectivity index (χ0n) is 11.9. The molecule has 110 valence electrons. The zero-order chi connectivity index (χ0) is 14.1. The van der Waals surface area contributed by atoms with Crippen LogP contribution in [0, 0.1) is 0 Å². The van der Waals surface area contributed by atoms with Crippen molar-refractivity contribution in [1.82, 2.24) is 10.1 Å². The van der Waals surface area contributed by atoms with Crippen LogP contribution in [0.2, 0.25) is 0 Å². The van der Waals surface area contributed by atoms with Gasteiger partial charge in [0.05, 0.1) is 5.92 Å². The number of ether oxygens (including phenoxy) is 1. The molecule has 1 aromatic carbocycles. The number of para-hydroxylation sites is 1. The molecule has 0 radical (unpaired) electrons. The van der Waals surface area contributed by atoms with E-state index in [1.165, 1.54) is 11.3 Å². The summed E-state index contributed by atoms with van der Waals surface area (Å²) in [7, 11) is 0. The first-order valence-electron chi connectivity index (χ1n) is 7.66. The number of nitrogens with zero attached hydrogens (tertiary/aromatic N) is 2. The number of hydrogen-bond acceptors (Lipinski definition) is 5. The predicted octanol–water partition coefficient (Wildman–Crippen LogP) is 2.91. The molecule has 1 aromatic heterocycles. The number of nitrogens with one attached hydrogen (secondary N) is 1. The molecule has 1 N–H and O–H groups in total. The summed E-state index contributed by atoms with van der Waals surface area (Å²) >= 11 is 0. The fraction of sp³-hybridized carbons (Fsp3) is 0.500. The molecule has 2 aliphatic rings. The standard InChI is InChI=1S/C16H19N3O2/c1-2-4-14-12(3-1)13(5-8-17-14)16-18-15(19-21-16)11-6-9-20-10-7-11/h1-4,11,13,17H,5-10H2. The van der Waals surface area contributed by atoms with Gasteiger partial charge in [-0.25, -0.2) is 0 Å². The molecule has 0 saturated carbocycles. The predicted molar refractivity (Wildman–Crippen MR) is 78.5 cm³/mol. The highest BCUT2D eigenvalue weighted by Gasteiger charge is 2.28. The van der Waals surface area contributed by atoms with Crippen molar-refractivity contribution in [2.45, 2.75) is 31.1 Å². The van der Waals surface area contributed by atoms with E-state index in [2.05, 4.69) is 34.7 Å². The summed E-state index contributed by atoms with van der Waals surface area (Å²) in [5, 5.41) is 7.65. The molecule has 0 bridgehead atoms. The summed E-state index contributed by atoms with van der Waals surface area (Å²) in [6.07, 6.45) is 2.97. The molecule has 5 heteroatoms. The molecule has 1 unspecified atom stereocenters. The maximum atomic E-state index is 5.58. The minimum Gasteiger partial charge on any atom is -0.385 e. The smallest absolute Gasteiger partial charge is 0.234 e. The van der Waals surface area contributed by atoms with E-state index in [1.54, 1.807) is 0 Å². The first-order chi connectivity index (χ1) is 10.4. The Kier molecular flexibility index (Phi) is 3.35. The third-order valence-corrected chi connectivity index (χ3v) is 4.43. The van der Waals surface area contributed by atoms with Crippen LogP contribution in [-0.2, 0) is 4.74 Å². The Morgan fingerprint density at radius 3 is 2.86 bits per heavy atom. The second-order valence-corrected chi connectivity index (χ2v) is 5.73. The Labute approximate surface area is 123 Å². The summed E-state index contributed by atoms with van der Waals surface area (Å²) < 4.78 is 11.0. The molecule has 0 amide bonds. The molecule has 2 aromatic rings. The highest BCUT2D eigenvalue weighted by atomic mass is 16.5. The van der Waals surface area contributed by atoms with E-state index in [-0.39, 0.29) is 5.92 Å². The Morgan fingerprint density at radius 2 is 1.95 bits per heavy atom. The first kappa shape index (κ1) is 12.8. The fourth-order valence-corrected chi connectivity index (χ4v) is 3.24. The van der Waals surface area contributed by atoms with E-state index in [1.807, 2.05) is 0 Å². The van der Waals surface area contributed by atoms with Gasteiger partial charge in [0.2, 0.25) is 5.89 Å². The van der Waals surface area contributed by atoms with Crippen molar-refractivity contribution in [3.8, 4) is 0 Å². The second kappa shape index (κ2) is 5.48. The van der Waals surface area contributed by atoms with Gasteiger partial charge >= 0.3 is 0 Å². The van der Waals surface area contributed by atoms with E-state index in [0.717, 1.165) is 50.7 Å². The first-order valence-corrected chi connectivity index (χ1v) is 7.66. The van der Waals surface area contributed by atoms with Crippen LogP contribution in [0.5, 0.6) is 0 Å². The number of aromatic nitrogens is 2. The number of fused-ring (bicyclic) bond motifs is 1. The zero-order valence-corrected chi connectivity index (χ0v) is 11.9. The van der Waals surface area contributed by atoms with Crippen molar-refractivity contribution in [3.05, 3.63) is 41.5 Å². The van der Waals surface area contributed by atoms with Crippen molar-refractivity contribution < 1.29 is 9.26 Å². The van der Waals surface area contributed by atoms with E-state index in [4.69, 9.17) is 14.2 Å². The largest absolute Gasteiger partial charge is 0.385 e. The van der Waals surface area contributed by atoms with Crippen LogP contribution in [0.1, 0.15) is 48.4 Å². The lowest BCUT2D eigenvalue weighted by Crippen LogP contribution is -2.18. The topological polar surface area (TPSA) is 60.2 Å². The quantitative estimate of drug-likeness (QED) is 0.919. The Balaban J connectivity index is 1.61. The third-order valence-electron chi connectivity index (χ3n) is 4.43. The van der Waals surface area contributed by atoms with E-state index in [9.17, 15) is 0 Å². The van der Waals surface area contributed by atoms with Gasteiger partial charge in [-0.2, -0.15) is 4.98 Å². The van der Waals surface area contributed by atoms with Crippen LogP contribution in [0.4, 0.5) is 5.69 Å². The number of rotatable bonds is 2. The number of hydrogen-bond donors (Lipinski definition) is 1. The van der Waals surface area contributed by atoms with Gasteiger partial charge in [-0.1, -0.05) is 23.4 Å². The van der Waals surface area contributed by atoms with E-state index >= 15 is 0 Å². The molecule has 2 aliphatic heterocycles. The van der Waals surface area contributed by atoms with Gasteiger partial charge in [-0.05, 0) is 30.9 Å². The van der Waals surface area contributed by atoms with Crippen LogP contribution in [0.15, 0.2) is 28.8 Å². The molecule has 3 heterocycles. The van der Waals surface area contributed by atoms with E-state index < -0.39 is 0 Å². The number of anilines is 1. The van der Waals surface area contributed by atoms with Crippen molar-refractivity contribution in [3.63, 3.8) is 0 Å². The molecule has 1 saturated heterocycles. The monoisotopic (exact) mass is 285 g/mol. The molecule has 5 nitrogen and oxygen atoms in total. The summed E-state index contributed by atoms with van der Waals surface area (Å²) in [5.41, 5.74) is 2.44. The number of benzene rings is 1. The van der Waals surface area contributed by atoms with Crippen molar-refractivity contribution >= 4 is 5.69 Å². The van der Waals surface area contributed by atoms with Gasteiger partial charge in [-0.3, -0.25) is 0 Å². The average molecular weight is 285 g/mol. The molecular formula is C16H19N3O2. The summed E-state index contributed by atoms with van der Waals surface area (Å²) in [6.45, 7) is 2.53. The molecule has 21 heavy (non-hydrogen) atoms. The summed E-state index contributed by atoms with van der Waals surface area (Å²) in [5.74, 6) is 2.20. The molecule has 0 aliphatic carbocycles. The highest BCUT2D eigenvalue weighted by molar-refractivity contribution is 5.56. The van der Waals surface area contributed by atoms with Gasteiger partial charge in [-0.15, -0.1) is 0 Å². The molecular weight excluding hydrogens is 266 g/mol. The lowest BCUT2D eigenvalue weighted by molar-refractivity contribution is 0.0830. The Morgan fingerprint density at radius 1 is 1.10 bits per heavy atom. The van der Waals surface area contributed by atoms with Crippen molar-refractivity contribution in [1.29, 1.82) is 0 Å². The average Bonchev–Trinajstić information content (AvgIpc) is 3.05. The summed E-state index contributed by atoms with van der Waals surface area (Å²) in [6, 6.07) is 8.37. The minimum absolute atomic E-state index is 0.212. The van der Waals surface area contributed by atoms with Crippen LogP contribution in [0.25, 0.3) is 0 Å². The third kappa shape index (κ3) is 2.42. The normalized spacial score (nSPS) is 22.6. The van der Waals surface area contributed by atoms with Gasteiger partial charge < -0.3 is 14.6 Å². The van der Waals surface area contributed by atoms with Gasteiger partial charge in [0, 0.05) is 31.4 Å². The molecule has 1 atom stereocenters. The lowest BCUT2D eigenvalue weighted by atomic mass is 9.91. The molecule has 4 rings (SSSR count). The van der Waals surface area contributed by atoms with Gasteiger partial charge in [0.1, 0.15) is 0 Å². The molecule has 0 spiro atoms.